The molecular formula is C16H22F2N2. The van der Waals surface area contributed by atoms with Crippen molar-refractivity contribution >= 4 is 5.69 Å². The Labute approximate surface area is 119 Å². The third kappa shape index (κ3) is 2.53. The molecule has 3 rings (SSSR count). The van der Waals surface area contributed by atoms with E-state index in [0.29, 0.717) is 5.69 Å². The number of rotatable bonds is 1. The molecule has 4 heteroatoms. The molecule has 0 bridgehead atoms. The Morgan fingerprint density at radius 3 is 2.45 bits per heavy atom. The average Bonchev–Trinajstić information content (AvgIpc) is 2.74. The highest BCUT2D eigenvalue weighted by Crippen LogP contribution is 2.37. The van der Waals surface area contributed by atoms with E-state index in [9.17, 15) is 8.78 Å². The number of anilines is 1. The molecular weight excluding hydrogens is 258 g/mol. The Bertz CT molecular complexity index is 507. The number of benzene rings is 1. The molecule has 0 radical (unpaired) electrons. The Balaban J connectivity index is 1.92. The third-order valence-electron chi connectivity index (χ3n) is 4.49. The van der Waals surface area contributed by atoms with E-state index in [0.717, 1.165) is 32.0 Å². The molecule has 1 aromatic rings. The van der Waals surface area contributed by atoms with Crippen molar-refractivity contribution in [2.45, 2.75) is 50.6 Å². The normalized spacial score (nSPS) is 24.3. The minimum Gasteiger partial charge on any atom is -0.365 e. The zero-order chi connectivity index (χ0) is 14.4. The highest BCUT2D eigenvalue weighted by molar-refractivity contribution is 5.50. The summed E-state index contributed by atoms with van der Waals surface area (Å²) >= 11 is 0. The van der Waals surface area contributed by atoms with Gasteiger partial charge in [0.2, 0.25) is 0 Å². The summed E-state index contributed by atoms with van der Waals surface area (Å²) in [5, 5.41) is 3.76. The van der Waals surface area contributed by atoms with Crippen LogP contribution in [-0.2, 0) is 0 Å². The van der Waals surface area contributed by atoms with Crippen LogP contribution < -0.4 is 10.2 Å². The summed E-state index contributed by atoms with van der Waals surface area (Å²) in [4.78, 5) is 2.08. The molecule has 1 heterocycles. The van der Waals surface area contributed by atoms with Crippen molar-refractivity contribution in [3.8, 4) is 0 Å². The van der Waals surface area contributed by atoms with Crippen LogP contribution in [0.1, 0.15) is 39.5 Å². The van der Waals surface area contributed by atoms with Gasteiger partial charge in [0.1, 0.15) is 11.6 Å². The highest BCUT2D eigenvalue weighted by Gasteiger charge is 2.44. The second kappa shape index (κ2) is 4.69. The molecule has 1 aromatic carbocycles. The van der Waals surface area contributed by atoms with Crippen LogP contribution in [0.4, 0.5) is 14.5 Å². The van der Waals surface area contributed by atoms with Crippen molar-refractivity contribution in [3.63, 3.8) is 0 Å². The minimum absolute atomic E-state index is 0.0661. The number of piperazine rings is 1. The van der Waals surface area contributed by atoms with Gasteiger partial charge in [0.15, 0.2) is 0 Å². The first-order valence-electron chi connectivity index (χ1n) is 7.39. The maximum Gasteiger partial charge on any atom is 0.149 e. The van der Waals surface area contributed by atoms with Crippen LogP contribution in [0, 0.1) is 11.6 Å². The van der Waals surface area contributed by atoms with Crippen LogP contribution in [0.2, 0.25) is 0 Å². The fraction of sp³-hybridized carbons (Fsp3) is 0.625. The lowest BCUT2D eigenvalue weighted by Gasteiger charge is -2.50. The SMILES string of the molecule is CC1(C)CN(c2ccc(F)cc2F)CC2(CCCC2)N1. The summed E-state index contributed by atoms with van der Waals surface area (Å²) in [6.07, 6.45) is 4.72. The molecule has 1 aliphatic heterocycles. The molecule has 1 spiro atoms. The van der Waals surface area contributed by atoms with Crippen LogP contribution in [0.5, 0.6) is 0 Å². The van der Waals surface area contributed by atoms with Crippen LogP contribution >= 0.6 is 0 Å². The van der Waals surface area contributed by atoms with Gasteiger partial charge in [0.05, 0.1) is 5.69 Å². The minimum atomic E-state index is -0.517. The van der Waals surface area contributed by atoms with Crippen molar-refractivity contribution < 1.29 is 8.78 Å². The molecule has 20 heavy (non-hydrogen) atoms. The van der Waals surface area contributed by atoms with E-state index in [4.69, 9.17) is 0 Å². The van der Waals surface area contributed by atoms with Crippen molar-refractivity contribution in [1.82, 2.24) is 5.32 Å². The van der Waals surface area contributed by atoms with Gasteiger partial charge in [0.25, 0.3) is 0 Å². The predicted molar refractivity (Wildman–Crippen MR) is 77.0 cm³/mol. The smallest absolute Gasteiger partial charge is 0.149 e. The zero-order valence-corrected chi connectivity index (χ0v) is 12.2. The van der Waals surface area contributed by atoms with E-state index >= 15 is 0 Å². The Kier molecular flexibility index (Phi) is 3.24. The molecule has 1 saturated heterocycles. The standard InChI is InChI=1S/C16H22F2N2/c1-15(2)10-20(11-16(19-15)7-3-4-8-16)14-6-5-12(17)9-13(14)18/h5-6,9,19H,3-4,7-8,10-11H2,1-2H3. The molecule has 2 nitrogen and oxygen atoms in total. The van der Waals surface area contributed by atoms with Crippen molar-refractivity contribution in [3.05, 3.63) is 29.8 Å². The van der Waals surface area contributed by atoms with Gasteiger partial charge in [-0.05, 0) is 38.8 Å². The second-order valence-corrected chi connectivity index (χ2v) is 6.95. The highest BCUT2D eigenvalue weighted by atomic mass is 19.1. The Morgan fingerprint density at radius 2 is 1.80 bits per heavy atom. The van der Waals surface area contributed by atoms with Gasteiger partial charge in [-0.15, -0.1) is 0 Å². The van der Waals surface area contributed by atoms with E-state index in [1.807, 2.05) is 0 Å². The lowest BCUT2D eigenvalue weighted by molar-refractivity contribution is 0.197. The molecule has 1 N–H and O–H groups in total. The van der Waals surface area contributed by atoms with E-state index < -0.39 is 11.6 Å². The molecule has 110 valence electrons. The first kappa shape index (κ1) is 13.8. The summed E-state index contributed by atoms with van der Waals surface area (Å²) in [7, 11) is 0. The molecule has 0 amide bonds. The zero-order valence-electron chi connectivity index (χ0n) is 12.2. The van der Waals surface area contributed by atoms with E-state index in [-0.39, 0.29) is 11.1 Å². The number of hydrogen-bond acceptors (Lipinski definition) is 2. The topological polar surface area (TPSA) is 15.3 Å². The monoisotopic (exact) mass is 280 g/mol. The number of nitrogens with one attached hydrogen (secondary N) is 1. The predicted octanol–water partition coefficient (Wildman–Crippen LogP) is 3.47. The molecule has 1 saturated carbocycles. The van der Waals surface area contributed by atoms with Gasteiger partial charge < -0.3 is 10.2 Å². The van der Waals surface area contributed by atoms with Gasteiger partial charge in [-0.25, -0.2) is 8.78 Å². The third-order valence-corrected chi connectivity index (χ3v) is 4.49. The summed E-state index contributed by atoms with van der Waals surface area (Å²) < 4.78 is 27.2. The fourth-order valence-electron chi connectivity index (χ4n) is 3.94. The number of nitrogens with zero attached hydrogens (tertiary/aromatic N) is 1. The van der Waals surface area contributed by atoms with Gasteiger partial charge in [-0.1, -0.05) is 12.8 Å². The van der Waals surface area contributed by atoms with E-state index in [1.54, 1.807) is 6.07 Å². The van der Waals surface area contributed by atoms with E-state index in [1.165, 1.54) is 18.9 Å². The molecule has 2 aliphatic rings. The molecule has 0 aromatic heterocycles. The average molecular weight is 280 g/mol. The van der Waals surface area contributed by atoms with Gasteiger partial charge in [0, 0.05) is 30.2 Å². The molecule has 0 atom stereocenters. The van der Waals surface area contributed by atoms with E-state index in [2.05, 4.69) is 24.1 Å². The van der Waals surface area contributed by atoms with Crippen LogP contribution in [0.25, 0.3) is 0 Å². The number of halogens is 2. The fourth-order valence-corrected chi connectivity index (χ4v) is 3.94. The second-order valence-electron chi connectivity index (χ2n) is 6.95. The summed E-state index contributed by atoms with van der Waals surface area (Å²) in [5.74, 6) is -0.980. The molecule has 1 aliphatic carbocycles. The Hall–Kier alpha value is -1.16. The lowest BCUT2D eigenvalue weighted by Crippen LogP contribution is -2.68. The van der Waals surface area contributed by atoms with Crippen LogP contribution in [0.3, 0.4) is 0 Å². The van der Waals surface area contributed by atoms with Gasteiger partial charge in [-0.2, -0.15) is 0 Å². The molecule has 2 fully saturated rings. The van der Waals surface area contributed by atoms with Crippen molar-refractivity contribution in [2.75, 3.05) is 18.0 Å². The summed E-state index contributed by atoms with van der Waals surface area (Å²) in [6, 6.07) is 3.88. The van der Waals surface area contributed by atoms with Crippen LogP contribution in [-0.4, -0.2) is 24.2 Å². The Morgan fingerprint density at radius 1 is 1.10 bits per heavy atom. The van der Waals surface area contributed by atoms with Crippen molar-refractivity contribution in [2.24, 2.45) is 0 Å². The van der Waals surface area contributed by atoms with Crippen molar-refractivity contribution in [1.29, 1.82) is 0 Å². The maximum atomic E-state index is 14.1. The van der Waals surface area contributed by atoms with Crippen LogP contribution in [0.15, 0.2) is 18.2 Å². The van der Waals surface area contributed by atoms with Gasteiger partial charge >= 0.3 is 0 Å². The summed E-state index contributed by atoms with van der Waals surface area (Å²) in [5.41, 5.74) is 0.540. The lowest BCUT2D eigenvalue weighted by atomic mass is 9.87. The largest absolute Gasteiger partial charge is 0.365 e. The summed E-state index contributed by atoms with van der Waals surface area (Å²) in [6.45, 7) is 5.84. The molecule has 0 unspecified atom stereocenters. The number of hydrogen-bond donors (Lipinski definition) is 1. The quantitative estimate of drug-likeness (QED) is 0.847. The van der Waals surface area contributed by atoms with Gasteiger partial charge in [-0.3, -0.25) is 0 Å². The maximum absolute atomic E-state index is 14.1. The first-order chi connectivity index (χ1) is 9.39. The first-order valence-corrected chi connectivity index (χ1v) is 7.39.